The smallest absolute Gasteiger partial charge is 0.134 e. The Morgan fingerprint density at radius 1 is 1.20 bits per heavy atom. The highest BCUT2D eigenvalue weighted by molar-refractivity contribution is 5.82. The van der Waals surface area contributed by atoms with Crippen molar-refractivity contribution in [3.05, 3.63) is 35.6 Å². The van der Waals surface area contributed by atoms with Gasteiger partial charge in [0.05, 0.1) is 19.8 Å². The Morgan fingerprint density at radius 2 is 2.05 bits per heavy atom. The number of nitrogens with one attached hydrogen (secondary N) is 1. The van der Waals surface area contributed by atoms with Gasteiger partial charge in [-0.05, 0) is 12.5 Å². The molecule has 2 aromatic rings. The number of hydroxylamine groups is 1. The molecule has 0 fully saturated rings. The van der Waals surface area contributed by atoms with E-state index in [4.69, 9.17) is 14.0 Å². The maximum absolute atomic E-state index is 5.96. The average molecular weight is 277 g/mol. The first-order valence-corrected chi connectivity index (χ1v) is 7.19. The van der Waals surface area contributed by atoms with Crippen LogP contribution in [0.3, 0.4) is 0 Å². The topological polar surface area (TPSA) is 43.6 Å². The summed E-state index contributed by atoms with van der Waals surface area (Å²) in [7, 11) is 1.66. The van der Waals surface area contributed by atoms with Gasteiger partial charge in [0.25, 0.3) is 0 Å². The number of benzene rings is 1. The van der Waals surface area contributed by atoms with Gasteiger partial charge in [-0.1, -0.05) is 31.5 Å². The summed E-state index contributed by atoms with van der Waals surface area (Å²) in [6, 6.07) is 8.15. The van der Waals surface area contributed by atoms with Crippen LogP contribution in [-0.2, 0) is 22.5 Å². The number of hydrogen-bond acceptors (Lipinski definition) is 4. The van der Waals surface area contributed by atoms with E-state index in [1.54, 1.807) is 7.11 Å². The Kier molecular flexibility index (Phi) is 6.05. The van der Waals surface area contributed by atoms with Crippen molar-refractivity contribution in [2.75, 3.05) is 20.3 Å². The van der Waals surface area contributed by atoms with Gasteiger partial charge in [-0.3, -0.25) is 4.84 Å². The van der Waals surface area contributed by atoms with Crippen LogP contribution in [0.25, 0.3) is 11.0 Å². The summed E-state index contributed by atoms with van der Waals surface area (Å²) in [5.41, 5.74) is 5.14. The summed E-state index contributed by atoms with van der Waals surface area (Å²) in [5, 5.41) is 1.17. The fraction of sp³-hybridized carbons (Fsp3) is 0.500. The van der Waals surface area contributed by atoms with E-state index in [1.807, 2.05) is 18.2 Å². The Labute approximate surface area is 120 Å². The number of hydrogen-bond donors (Lipinski definition) is 1. The van der Waals surface area contributed by atoms with Crippen LogP contribution in [0, 0.1) is 0 Å². The van der Waals surface area contributed by atoms with Crippen LogP contribution in [0.4, 0.5) is 0 Å². The van der Waals surface area contributed by atoms with Gasteiger partial charge >= 0.3 is 0 Å². The molecule has 0 aliphatic heterocycles. The van der Waals surface area contributed by atoms with Crippen LogP contribution in [0.5, 0.6) is 0 Å². The predicted molar refractivity (Wildman–Crippen MR) is 79.5 cm³/mol. The molecule has 0 spiro atoms. The van der Waals surface area contributed by atoms with Gasteiger partial charge in [0, 0.05) is 24.5 Å². The molecule has 0 bridgehead atoms. The number of furan rings is 1. The zero-order valence-corrected chi connectivity index (χ0v) is 12.3. The highest BCUT2D eigenvalue weighted by Crippen LogP contribution is 2.27. The lowest BCUT2D eigenvalue weighted by atomic mass is 10.1. The highest BCUT2D eigenvalue weighted by Gasteiger charge is 2.13. The standard InChI is InChI=1S/C16H23NO3/c1-3-4-8-16-14(12-17-19-11-10-18-2)13-7-5-6-9-15(13)20-16/h5-7,9,17H,3-4,8,10-12H2,1-2H3. The van der Waals surface area contributed by atoms with Crippen molar-refractivity contribution in [3.8, 4) is 0 Å². The first kappa shape index (κ1) is 15.0. The molecule has 0 aliphatic rings. The second-order valence-electron chi connectivity index (χ2n) is 4.77. The van der Waals surface area contributed by atoms with Crippen LogP contribution in [-0.4, -0.2) is 20.3 Å². The van der Waals surface area contributed by atoms with E-state index in [1.165, 1.54) is 10.9 Å². The molecule has 0 saturated carbocycles. The molecular weight excluding hydrogens is 254 g/mol. The summed E-state index contributed by atoms with van der Waals surface area (Å²) in [6.45, 7) is 3.96. The summed E-state index contributed by atoms with van der Waals surface area (Å²) in [6.07, 6.45) is 3.27. The number of ether oxygens (including phenoxy) is 1. The minimum Gasteiger partial charge on any atom is -0.461 e. The lowest BCUT2D eigenvalue weighted by molar-refractivity contribution is 0.00341. The molecule has 1 heterocycles. The molecule has 0 unspecified atom stereocenters. The number of methoxy groups -OCH3 is 1. The minimum absolute atomic E-state index is 0.538. The van der Waals surface area contributed by atoms with Gasteiger partial charge in [0.1, 0.15) is 11.3 Å². The minimum atomic E-state index is 0.538. The maximum Gasteiger partial charge on any atom is 0.134 e. The number of aryl methyl sites for hydroxylation is 1. The Morgan fingerprint density at radius 3 is 2.85 bits per heavy atom. The second-order valence-corrected chi connectivity index (χ2v) is 4.77. The fourth-order valence-electron chi connectivity index (χ4n) is 2.20. The van der Waals surface area contributed by atoms with Crippen molar-refractivity contribution in [2.45, 2.75) is 32.7 Å². The third-order valence-electron chi connectivity index (χ3n) is 3.28. The van der Waals surface area contributed by atoms with Crippen molar-refractivity contribution < 1.29 is 14.0 Å². The molecule has 0 saturated heterocycles. The average Bonchev–Trinajstić information content (AvgIpc) is 2.83. The summed E-state index contributed by atoms with van der Waals surface area (Å²) in [5.74, 6) is 1.07. The molecule has 1 N–H and O–H groups in total. The molecule has 110 valence electrons. The highest BCUT2D eigenvalue weighted by atomic mass is 16.7. The third kappa shape index (κ3) is 3.82. The normalized spacial score (nSPS) is 11.3. The van der Waals surface area contributed by atoms with Crippen molar-refractivity contribution in [1.82, 2.24) is 5.48 Å². The first-order valence-electron chi connectivity index (χ1n) is 7.19. The van der Waals surface area contributed by atoms with E-state index in [0.717, 1.165) is 30.6 Å². The van der Waals surface area contributed by atoms with Crippen LogP contribution in [0.1, 0.15) is 31.1 Å². The Balaban J connectivity index is 2.07. The van der Waals surface area contributed by atoms with E-state index in [2.05, 4.69) is 18.5 Å². The van der Waals surface area contributed by atoms with E-state index >= 15 is 0 Å². The molecule has 20 heavy (non-hydrogen) atoms. The third-order valence-corrected chi connectivity index (χ3v) is 3.28. The van der Waals surface area contributed by atoms with E-state index in [-0.39, 0.29) is 0 Å². The molecule has 0 aliphatic carbocycles. The zero-order chi connectivity index (χ0) is 14.2. The Bertz CT molecular complexity index is 521. The van der Waals surface area contributed by atoms with Crippen LogP contribution in [0.2, 0.25) is 0 Å². The Hall–Kier alpha value is -1.36. The number of unbranched alkanes of at least 4 members (excludes halogenated alkanes) is 1. The molecule has 4 nitrogen and oxygen atoms in total. The van der Waals surface area contributed by atoms with Crippen LogP contribution >= 0.6 is 0 Å². The van der Waals surface area contributed by atoms with Gasteiger partial charge in [0.2, 0.25) is 0 Å². The maximum atomic E-state index is 5.96. The van der Waals surface area contributed by atoms with E-state index in [9.17, 15) is 0 Å². The quantitative estimate of drug-likeness (QED) is 0.563. The van der Waals surface area contributed by atoms with Crippen molar-refractivity contribution in [3.63, 3.8) is 0 Å². The van der Waals surface area contributed by atoms with E-state index in [0.29, 0.717) is 19.8 Å². The zero-order valence-electron chi connectivity index (χ0n) is 12.3. The van der Waals surface area contributed by atoms with Gasteiger partial charge < -0.3 is 9.15 Å². The van der Waals surface area contributed by atoms with Crippen molar-refractivity contribution in [2.24, 2.45) is 0 Å². The number of rotatable bonds is 9. The van der Waals surface area contributed by atoms with Gasteiger partial charge in [-0.25, -0.2) is 0 Å². The SMILES string of the molecule is CCCCc1oc2ccccc2c1CNOCCOC. The molecule has 2 rings (SSSR count). The summed E-state index contributed by atoms with van der Waals surface area (Å²) < 4.78 is 10.9. The van der Waals surface area contributed by atoms with Crippen molar-refractivity contribution in [1.29, 1.82) is 0 Å². The monoisotopic (exact) mass is 277 g/mol. The van der Waals surface area contributed by atoms with Gasteiger partial charge in [-0.15, -0.1) is 0 Å². The summed E-state index contributed by atoms with van der Waals surface area (Å²) in [4.78, 5) is 5.34. The van der Waals surface area contributed by atoms with Crippen LogP contribution in [0.15, 0.2) is 28.7 Å². The lowest BCUT2D eigenvalue weighted by Gasteiger charge is -2.06. The van der Waals surface area contributed by atoms with Crippen molar-refractivity contribution >= 4 is 11.0 Å². The molecule has 0 atom stereocenters. The molecule has 4 heteroatoms. The number of fused-ring (bicyclic) bond motifs is 1. The fourth-order valence-corrected chi connectivity index (χ4v) is 2.20. The second kappa shape index (κ2) is 8.04. The molecule has 1 aromatic carbocycles. The molecule has 1 aromatic heterocycles. The predicted octanol–water partition coefficient (Wildman–Crippen LogP) is 3.44. The van der Waals surface area contributed by atoms with E-state index < -0.39 is 0 Å². The molecule has 0 radical (unpaired) electrons. The van der Waals surface area contributed by atoms with Crippen LogP contribution < -0.4 is 5.48 Å². The van der Waals surface area contributed by atoms with Gasteiger partial charge in [-0.2, -0.15) is 5.48 Å². The molecule has 0 amide bonds. The largest absolute Gasteiger partial charge is 0.461 e. The summed E-state index contributed by atoms with van der Waals surface area (Å²) >= 11 is 0. The first-order chi connectivity index (χ1) is 9.86. The lowest BCUT2D eigenvalue weighted by Crippen LogP contribution is -2.17. The van der Waals surface area contributed by atoms with Gasteiger partial charge in [0.15, 0.2) is 0 Å². The number of para-hydroxylation sites is 1. The molecular formula is C16H23NO3.